The Kier molecular flexibility index (Phi) is 4.47. The Morgan fingerprint density at radius 1 is 1.33 bits per heavy atom. The molecule has 0 aromatic heterocycles. The molecule has 21 heavy (non-hydrogen) atoms. The molecule has 1 amide bonds. The van der Waals surface area contributed by atoms with Gasteiger partial charge in [0.15, 0.2) is 11.5 Å². The first-order valence-electron chi connectivity index (χ1n) is 6.06. The summed E-state index contributed by atoms with van der Waals surface area (Å²) in [5.74, 6) is -0.642. The van der Waals surface area contributed by atoms with Crippen LogP contribution in [0, 0.1) is 12.7 Å². The molecule has 0 spiro atoms. The van der Waals surface area contributed by atoms with Gasteiger partial charge in [0.2, 0.25) is 0 Å². The number of aromatic hydroxyl groups is 1. The van der Waals surface area contributed by atoms with Gasteiger partial charge in [-0.1, -0.05) is 0 Å². The molecule has 110 valence electrons. The fraction of sp³-hybridized carbons (Fsp3) is 0.133. The average molecular weight is 354 g/mol. The first-order valence-corrected chi connectivity index (χ1v) is 6.85. The van der Waals surface area contributed by atoms with E-state index in [0.29, 0.717) is 11.3 Å². The van der Waals surface area contributed by atoms with E-state index >= 15 is 0 Å². The average Bonchev–Trinajstić information content (AvgIpc) is 2.44. The molecule has 2 N–H and O–H groups in total. The number of benzene rings is 2. The van der Waals surface area contributed by atoms with E-state index in [1.165, 1.54) is 37.4 Å². The van der Waals surface area contributed by atoms with Gasteiger partial charge in [-0.05, 0) is 58.7 Å². The van der Waals surface area contributed by atoms with Crippen molar-refractivity contribution in [1.29, 1.82) is 0 Å². The van der Waals surface area contributed by atoms with Gasteiger partial charge in [0.1, 0.15) is 5.82 Å². The minimum Gasteiger partial charge on any atom is -0.504 e. The largest absolute Gasteiger partial charge is 0.504 e. The van der Waals surface area contributed by atoms with Gasteiger partial charge in [0.05, 0.1) is 11.6 Å². The van der Waals surface area contributed by atoms with E-state index in [4.69, 9.17) is 4.74 Å². The third kappa shape index (κ3) is 3.33. The summed E-state index contributed by atoms with van der Waals surface area (Å²) < 4.78 is 18.5. The van der Waals surface area contributed by atoms with E-state index in [9.17, 15) is 14.3 Å². The summed E-state index contributed by atoms with van der Waals surface area (Å²) >= 11 is 3.07. The van der Waals surface area contributed by atoms with Crippen LogP contribution in [0.5, 0.6) is 11.5 Å². The maximum atomic E-state index is 13.3. The second-order valence-corrected chi connectivity index (χ2v) is 5.28. The molecule has 0 fully saturated rings. The number of ether oxygens (including phenoxy) is 1. The molecule has 0 unspecified atom stereocenters. The highest BCUT2D eigenvalue weighted by atomic mass is 79.9. The van der Waals surface area contributed by atoms with Gasteiger partial charge in [-0.3, -0.25) is 4.79 Å². The number of hydrogen-bond acceptors (Lipinski definition) is 3. The summed E-state index contributed by atoms with van der Waals surface area (Å²) in [6.45, 7) is 1.69. The van der Waals surface area contributed by atoms with Gasteiger partial charge in [-0.2, -0.15) is 0 Å². The smallest absolute Gasteiger partial charge is 0.255 e. The lowest BCUT2D eigenvalue weighted by atomic mass is 10.1. The van der Waals surface area contributed by atoms with Crippen LogP contribution >= 0.6 is 15.9 Å². The van der Waals surface area contributed by atoms with Crippen molar-refractivity contribution in [1.82, 2.24) is 0 Å². The van der Waals surface area contributed by atoms with E-state index in [0.717, 1.165) is 0 Å². The predicted octanol–water partition coefficient (Wildman–Crippen LogP) is 3.86. The molecule has 0 bridgehead atoms. The Hall–Kier alpha value is -2.08. The van der Waals surface area contributed by atoms with Gasteiger partial charge in [-0.25, -0.2) is 4.39 Å². The molecule has 0 saturated heterocycles. The van der Waals surface area contributed by atoms with Crippen molar-refractivity contribution in [3.63, 3.8) is 0 Å². The first kappa shape index (κ1) is 15.3. The normalized spacial score (nSPS) is 10.3. The fourth-order valence-corrected chi connectivity index (χ4v) is 2.15. The summed E-state index contributed by atoms with van der Waals surface area (Å²) in [6, 6.07) is 7.15. The monoisotopic (exact) mass is 353 g/mol. The van der Waals surface area contributed by atoms with Gasteiger partial charge in [-0.15, -0.1) is 0 Å². The zero-order chi connectivity index (χ0) is 15.6. The minimum atomic E-state index is -0.408. The van der Waals surface area contributed by atoms with E-state index in [-0.39, 0.29) is 21.5 Å². The molecule has 6 heteroatoms. The van der Waals surface area contributed by atoms with Gasteiger partial charge < -0.3 is 15.2 Å². The van der Waals surface area contributed by atoms with Crippen LogP contribution in [0.25, 0.3) is 0 Å². The number of phenols is 1. The van der Waals surface area contributed by atoms with E-state index < -0.39 is 11.7 Å². The molecule has 2 rings (SSSR count). The lowest BCUT2D eigenvalue weighted by Gasteiger charge is -2.10. The lowest BCUT2D eigenvalue weighted by molar-refractivity contribution is 0.102. The van der Waals surface area contributed by atoms with Crippen LogP contribution in [0.1, 0.15) is 15.9 Å². The topological polar surface area (TPSA) is 58.6 Å². The molecule has 0 aliphatic carbocycles. The number of carbonyl (C=O) groups excluding carboxylic acids is 1. The first-order chi connectivity index (χ1) is 9.92. The molecular weight excluding hydrogens is 341 g/mol. The number of carbonyl (C=O) groups is 1. The van der Waals surface area contributed by atoms with Gasteiger partial charge in [0.25, 0.3) is 5.91 Å². The van der Waals surface area contributed by atoms with E-state index in [1.807, 2.05) is 0 Å². The van der Waals surface area contributed by atoms with Crippen molar-refractivity contribution in [2.24, 2.45) is 0 Å². The summed E-state index contributed by atoms with van der Waals surface area (Å²) in [4.78, 5) is 12.1. The van der Waals surface area contributed by atoms with Crippen LogP contribution in [0.4, 0.5) is 10.1 Å². The van der Waals surface area contributed by atoms with Crippen molar-refractivity contribution in [3.8, 4) is 11.5 Å². The molecule has 0 aliphatic rings. The van der Waals surface area contributed by atoms with Crippen molar-refractivity contribution >= 4 is 27.5 Å². The van der Waals surface area contributed by atoms with Gasteiger partial charge in [0, 0.05) is 11.3 Å². The van der Waals surface area contributed by atoms with Crippen LogP contribution in [0.15, 0.2) is 34.8 Å². The van der Waals surface area contributed by atoms with Crippen molar-refractivity contribution in [3.05, 3.63) is 51.7 Å². The summed E-state index contributed by atoms with van der Waals surface area (Å²) in [5, 5.41) is 12.4. The van der Waals surface area contributed by atoms with Crippen LogP contribution in [0.2, 0.25) is 0 Å². The maximum Gasteiger partial charge on any atom is 0.255 e. The van der Waals surface area contributed by atoms with Crippen LogP contribution in [-0.2, 0) is 0 Å². The lowest BCUT2D eigenvalue weighted by Crippen LogP contribution is -2.13. The summed E-state index contributed by atoms with van der Waals surface area (Å²) in [7, 11) is 1.42. The number of nitrogens with one attached hydrogen (secondary N) is 1. The highest BCUT2D eigenvalue weighted by Gasteiger charge is 2.12. The highest BCUT2D eigenvalue weighted by Crippen LogP contribution is 2.28. The Morgan fingerprint density at radius 3 is 2.67 bits per heavy atom. The van der Waals surface area contributed by atoms with Crippen LogP contribution < -0.4 is 10.1 Å². The summed E-state index contributed by atoms with van der Waals surface area (Å²) in [5.41, 5.74) is 1.36. The molecule has 0 radical (unpaired) electrons. The van der Waals surface area contributed by atoms with Crippen molar-refractivity contribution in [2.45, 2.75) is 6.92 Å². The number of halogens is 2. The maximum absolute atomic E-state index is 13.3. The molecule has 0 saturated carbocycles. The van der Waals surface area contributed by atoms with Crippen LogP contribution in [-0.4, -0.2) is 18.1 Å². The second kappa shape index (κ2) is 6.13. The van der Waals surface area contributed by atoms with Crippen molar-refractivity contribution < 1.29 is 19.0 Å². The van der Waals surface area contributed by atoms with Crippen molar-refractivity contribution in [2.75, 3.05) is 12.4 Å². The molecule has 0 heterocycles. The molecule has 4 nitrogen and oxygen atoms in total. The zero-order valence-corrected chi connectivity index (χ0v) is 13.0. The fourth-order valence-electron chi connectivity index (χ4n) is 1.81. The number of phenolic OH excluding ortho intramolecular Hbond substituents is 1. The van der Waals surface area contributed by atoms with E-state index in [2.05, 4.69) is 21.2 Å². The second-order valence-electron chi connectivity index (χ2n) is 4.42. The Bertz CT molecular complexity index is 704. The third-order valence-corrected chi connectivity index (χ3v) is 3.56. The molecule has 0 atom stereocenters. The number of aryl methyl sites for hydroxylation is 1. The Labute approximate surface area is 129 Å². The number of amides is 1. The molecule has 2 aromatic rings. The molecular formula is C15H13BrFNO3. The quantitative estimate of drug-likeness (QED) is 0.880. The minimum absolute atomic E-state index is 0.123. The third-order valence-electron chi connectivity index (χ3n) is 2.96. The number of methoxy groups -OCH3 is 1. The predicted molar refractivity (Wildman–Crippen MR) is 81.4 cm³/mol. The number of rotatable bonds is 3. The summed E-state index contributed by atoms with van der Waals surface area (Å²) in [6.07, 6.45) is 0. The SMILES string of the molecule is COc1ccc(C(=O)Nc2cc(Br)c(F)cc2C)cc1O. The number of hydrogen-bond donors (Lipinski definition) is 2. The van der Waals surface area contributed by atoms with E-state index in [1.54, 1.807) is 6.92 Å². The van der Waals surface area contributed by atoms with Gasteiger partial charge >= 0.3 is 0 Å². The number of anilines is 1. The standard InChI is InChI=1S/C15H13BrFNO3/c1-8-5-11(17)10(16)7-12(8)18-15(20)9-3-4-14(21-2)13(19)6-9/h3-7,19H,1-2H3,(H,18,20). The molecule has 2 aromatic carbocycles. The van der Waals surface area contributed by atoms with Crippen LogP contribution in [0.3, 0.4) is 0 Å². The Balaban J connectivity index is 2.26. The Morgan fingerprint density at radius 2 is 2.05 bits per heavy atom. The highest BCUT2D eigenvalue weighted by molar-refractivity contribution is 9.10. The molecule has 0 aliphatic heterocycles. The zero-order valence-electron chi connectivity index (χ0n) is 11.4.